The Labute approximate surface area is 88.0 Å². The maximum atomic E-state index is 12.4. The van der Waals surface area contributed by atoms with E-state index in [4.69, 9.17) is 0 Å². The Balaban J connectivity index is 5.52. The Morgan fingerprint density at radius 1 is 0.647 bits per heavy atom. The van der Waals surface area contributed by atoms with Gasteiger partial charge in [0.1, 0.15) is 0 Å². The number of rotatable bonds is 3. The largest absolute Gasteiger partial charge is 0.469 e. The highest BCUT2D eigenvalue weighted by Gasteiger charge is 2.73. The maximum absolute atomic E-state index is 12.4. The Bertz CT molecular complexity index is 237. The molecule has 0 aliphatic heterocycles. The molecule has 0 saturated heterocycles. The summed E-state index contributed by atoms with van der Waals surface area (Å²) < 4.78 is 120. The maximum Gasteiger partial charge on any atom is 0.469 e. The first-order chi connectivity index (χ1) is 7.19. The van der Waals surface area contributed by atoms with E-state index in [0.717, 1.165) is 0 Å². The molecule has 0 aromatic heterocycles. The zero-order valence-corrected chi connectivity index (χ0v) is 7.93. The molecule has 17 heavy (non-hydrogen) atoms. The van der Waals surface area contributed by atoms with Crippen LogP contribution in [0, 0.1) is 0 Å². The molecule has 0 fully saturated rings. The fourth-order valence-electron chi connectivity index (χ4n) is 0.880. The first kappa shape index (κ1) is 16.3. The van der Waals surface area contributed by atoms with E-state index in [1.54, 1.807) is 0 Å². The highest BCUT2D eigenvalue weighted by atomic mass is 19.4. The minimum absolute atomic E-state index is 0.319. The van der Waals surface area contributed by atoms with Crippen molar-refractivity contribution in [3.05, 3.63) is 0 Å². The van der Waals surface area contributed by atoms with E-state index >= 15 is 0 Å². The van der Waals surface area contributed by atoms with Gasteiger partial charge in [0.15, 0.2) is 0 Å². The Morgan fingerprint density at radius 3 is 1.00 bits per heavy atom. The molecule has 0 unspecified atom stereocenters. The summed E-state index contributed by atoms with van der Waals surface area (Å²) in [6.45, 7) is -1.53. The van der Waals surface area contributed by atoms with Crippen molar-refractivity contribution in [1.82, 2.24) is 4.90 Å². The van der Waals surface area contributed by atoms with Crippen LogP contribution in [0.15, 0.2) is 0 Å². The van der Waals surface area contributed by atoms with Gasteiger partial charge in [-0.15, -0.1) is 0 Å². The normalized spacial score (nSPS) is 15.5. The fourth-order valence-corrected chi connectivity index (χ4v) is 0.880. The van der Waals surface area contributed by atoms with Crippen LogP contribution in [-0.4, -0.2) is 35.9 Å². The van der Waals surface area contributed by atoms with Crippen molar-refractivity contribution in [2.45, 2.75) is 31.4 Å². The predicted octanol–water partition coefficient (Wildman–Crippen LogP) is 3.62. The SMILES string of the molecule is CCN(C(F)(F)C(F)(F)F)C(F)(F)C(F)(F)F. The smallest absolute Gasteiger partial charge is 0.178 e. The second kappa shape index (κ2) is 4.18. The van der Waals surface area contributed by atoms with Crippen molar-refractivity contribution >= 4 is 0 Å². The summed E-state index contributed by atoms with van der Waals surface area (Å²) in [7, 11) is 0. The van der Waals surface area contributed by atoms with E-state index in [0.29, 0.717) is 6.92 Å². The molecular weight excluding hydrogens is 276 g/mol. The lowest BCUT2D eigenvalue weighted by Crippen LogP contribution is -2.64. The monoisotopic (exact) mass is 281 g/mol. The van der Waals surface area contributed by atoms with Crippen LogP contribution in [0.25, 0.3) is 0 Å². The summed E-state index contributed by atoms with van der Waals surface area (Å²) >= 11 is 0. The molecule has 0 atom stereocenters. The van der Waals surface area contributed by atoms with Crippen LogP contribution in [0.4, 0.5) is 43.9 Å². The highest BCUT2D eigenvalue weighted by molar-refractivity contribution is 4.86. The quantitative estimate of drug-likeness (QED) is 0.564. The van der Waals surface area contributed by atoms with Gasteiger partial charge < -0.3 is 0 Å². The summed E-state index contributed by atoms with van der Waals surface area (Å²) in [5, 5.41) is 0. The molecule has 0 amide bonds. The van der Waals surface area contributed by atoms with Gasteiger partial charge in [0.05, 0.1) is 0 Å². The van der Waals surface area contributed by atoms with Crippen molar-refractivity contribution in [2.24, 2.45) is 0 Å². The van der Waals surface area contributed by atoms with Crippen LogP contribution >= 0.6 is 0 Å². The molecular formula is C6H5F10N. The number of halogens is 10. The first-order valence-corrected chi connectivity index (χ1v) is 3.86. The molecule has 0 aromatic carbocycles. The lowest BCUT2D eigenvalue weighted by atomic mass is 10.3. The zero-order valence-electron chi connectivity index (χ0n) is 7.93. The van der Waals surface area contributed by atoms with Crippen molar-refractivity contribution < 1.29 is 43.9 Å². The lowest BCUT2D eigenvalue weighted by Gasteiger charge is -2.37. The molecule has 0 saturated carbocycles. The zero-order chi connectivity index (χ0) is 14.3. The third-order valence-electron chi connectivity index (χ3n) is 1.68. The third-order valence-corrected chi connectivity index (χ3v) is 1.68. The molecule has 0 bridgehead atoms. The molecule has 0 N–H and O–H groups in total. The summed E-state index contributed by atoms with van der Waals surface area (Å²) in [4.78, 5) is -2.25. The summed E-state index contributed by atoms with van der Waals surface area (Å²) in [5.41, 5.74) is 0. The van der Waals surface area contributed by atoms with Gasteiger partial charge in [0.25, 0.3) is 0 Å². The van der Waals surface area contributed by atoms with Crippen molar-refractivity contribution in [2.75, 3.05) is 6.54 Å². The van der Waals surface area contributed by atoms with Gasteiger partial charge in [-0.3, -0.25) is 0 Å². The molecule has 1 nitrogen and oxygen atoms in total. The summed E-state index contributed by atoms with van der Waals surface area (Å²) in [5.74, 6) is 0. The Kier molecular flexibility index (Phi) is 3.99. The number of nitrogens with zero attached hydrogens (tertiary/aromatic N) is 1. The predicted molar refractivity (Wildman–Crippen MR) is 34.4 cm³/mol. The van der Waals surface area contributed by atoms with Crippen LogP contribution in [0.1, 0.15) is 6.92 Å². The number of hydrogen-bond acceptors (Lipinski definition) is 1. The molecule has 0 aliphatic carbocycles. The van der Waals surface area contributed by atoms with E-state index in [1.165, 1.54) is 0 Å². The molecule has 0 aliphatic rings. The third kappa shape index (κ3) is 2.75. The van der Waals surface area contributed by atoms with Gasteiger partial charge in [-0.2, -0.15) is 48.8 Å². The second-order valence-electron chi connectivity index (χ2n) is 2.82. The van der Waals surface area contributed by atoms with E-state index < -0.39 is 35.9 Å². The molecule has 0 aromatic rings. The van der Waals surface area contributed by atoms with Crippen molar-refractivity contribution in [3.8, 4) is 0 Å². The van der Waals surface area contributed by atoms with Gasteiger partial charge in [0, 0.05) is 6.54 Å². The fraction of sp³-hybridized carbons (Fsp3) is 1.00. The lowest BCUT2D eigenvalue weighted by molar-refractivity contribution is -0.431. The van der Waals surface area contributed by atoms with E-state index in [2.05, 4.69) is 0 Å². The number of alkyl halides is 10. The van der Waals surface area contributed by atoms with E-state index in [1.807, 2.05) is 0 Å². The molecule has 0 rings (SSSR count). The summed E-state index contributed by atoms with van der Waals surface area (Å²) in [6, 6.07) is -12.6. The first-order valence-electron chi connectivity index (χ1n) is 3.86. The van der Waals surface area contributed by atoms with Crippen LogP contribution in [0.2, 0.25) is 0 Å². The van der Waals surface area contributed by atoms with Gasteiger partial charge in [0.2, 0.25) is 0 Å². The molecule has 11 heteroatoms. The topological polar surface area (TPSA) is 3.24 Å². The van der Waals surface area contributed by atoms with Crippen molar-refractivity contribution in [3.63, 3.8) is 0 Å². The molecule has 0 spiro atoms. The Morgan fingerprint density at radius 2 is 0.882 bits per heavy atom. The van der Waals surface area contributed by atoms with Crippen LogP contribution in [0.5, 0.6) is 0 Å². The van der Waals surface area contributed by atoms with Gasteiger partial charge >= 0.3 is 24.4 Å². The van der Waals surface area contributed by atoms with Crippen LogP contribution in [0.3, 0.4) is 0 Å². The minimum atomic E-state index is -6.54. The van der Waals surface area contributed by atoms with Crippen LogP contribution < -0.4 is 0 Å². The van der Waals surface area contributed by atoms with Gasteiger partial charge in [-0.25, -0.2) is 0 Å². The standard InChI is InChI=1S/C6H5F10N/c1-2-17(5(13,14)3(7,8)9)6(15,16)4(10,11)12/h2H2,1H3. The minimum Gasteiger partial charge on any atom is -0.178 e. The van der Waals surface area contributed by atoms with Crippen molar-refractivity contribution in [1.29, 1.82) is 0 Å². The second-order valence-corrected chi connectivity index (χ2v) is 2.82. The van der Waals surface area contributed by atoms with E-state index in [-0.39, 0.29) is 0 Å². The average molecular weight is 281 g/mol. The number of hydrogen-bond donors (Lipinski definition) is 0. The molecule has 104 valence electrons. The van der Waals surface area contributed by atoms with Gasteiger partial charge in [-0.05, 0) is 0 Å². The Hall–Kier alpha value is -0.740. The molecule has 0 radical (unpaired) electrons. The summed E-state index contributed by atoms with van der Waals surface area (Å²) in [6.07, 6.45) is -13.1. The highest BCUT2D eigenvalue weighted by Crippen LogP contribution is 2.47. The van der Waals surface area contributed by atoms with E-state index in [9.17, 15) is 43.9 Å². The average Bonchev–Trinajstić information content (AvgIpc) is 1.99. The molecule has 0 heterocycles. The van der Waals surface area contributed by atoms with Gasteiger partial charge in [-0.1, -0.05) is 6.92 Å². The van der Waals surface area contributed by atoms with Crippen LogP contribution in [-0.2, 0) is 0 Å².